The Labute approximate surface area is 197 Å². The van der Waals surface area contributed by atoms with E-state index < -0.39 is 11.4 Å². The first-order valence-electron chi connectivity index (χ1n) is 11.5. The Kier molecular flexibility index (Phi) is 6.70. The van der Waals surface area contributed by atoms with Crippen molar-refractivity contribution in [2.24, 2.45) is 11.8 Å². The van der Waals surface area contributed by atoms with Gasteiger partial charge in [0.1, 0.15) is 16.3 Å². The fourth-order valence-corrected chi connectivity index (χ4v) is 5.14. The van der Waals surface area contributed by atoms with Crippen LogP contribution in [0.1, 0.15) is 62.5 Å². The van der Waals surface area contributed by atoms with Crippen LogP contribution < -0.4 is 10.2 Å². The third-order valence-corrected chi connectivity index (χ3v) is 7.45. The average molecular weight is 467 g/mol. The number of aromatic nitrogens is 2. The van der Waals surface area contributed by atoms with Gasteiger partial charge in [0, 0.05) is 35.4 Å². The number of benzene rings is 1. The molecule has 0 saturated heterocycles. The number of nitrogens with zero attached hydrogens (tertiary/aromatic N) is 2. The van der Waals surface area contributed by atoms with E-state index in [4.69, 9.17) is 4.74 Å². The van der Waals surface area contributed by atoms with Gasteiger partial charge < -0.3 is 14.4 Å². The molecule has 0 radical (unpaired) electrons. The third-order valence-electron chi connectivity index (χ3n) is 6.64. The topological polar surface area (TPSA) is 81.4 Å². The molecule has 1 N–H and O–H groups in total. The molecule has 33 heavy (non-hydrogen) atoms. The van der Waals surface area contributed by atoms with Crippen LogP contribution in [0.2, 0.25) is 0 Å². The van der Waals surface area contributed by atoms with Gasteiger partial charge in [0.2, 0.25) is 0 Å². The van der Waals surface area contributed by atoms with E-state index in [1.54, 1.807) is 17.5 Å². The molecular weight excluding hydrogens is 436 g/mol. The Hall–Kier alpha value is -2.93. The normalized spacial score (nSPS) is 14.9. The van der Waals surface area contributed by atoms with Crippen molar-refractivity contribution in [3.8, 4) is 27.6 Å². The highest BCUT2D eigenvalue weighted by atomic mass is 32.1. The van der Waals surface area contributed by atoms with Crippen LogP contribution in [0.3, 0.4) is 0 Å². The number of aromatic carboxylic acids is 1. The van der Waals surface area contributed by atoms with E-state index in [0.717, 1.165) is 52.4 Å². The van der Waals surface area contributed by atoms with E-state index in [1.165, 1.54) is 12.3 Å². The van der Waals surface area contributed by atoms with Crippen LogP contribution in [-0.2, 0) is 6.42 Å². The smallest absolute Gasteiger partial charge is 0.341 e. The molecule has 0 amide bonds. The van der Waals surface area contributed by atoms with E-state index in [9.17, 15) is 14.7 Å². The molecule has 0 spiro atoms. The highest BCUT2D eigenvalue weighted by Crippen LogP contribution is 2.43. The summed E-state index contributed by atoms with van der Waals surface area (Å²) in [6.07, 6.45) is 6.14. The fraction of sp³-hybridized carbons (Fsp3) is 0.423. The van der Waals surface area contributed by atoms with E-state index in [-0.39, 0.29) is 17.5 Å². The Balaban J connectivity index is 1.89. The Morgan fingerprint density at radius 3 is 2.61 bits per heavy atom. The van der Waals surface area contributed by atoms with Gasteiger partial charge in [0.15, 0.2) is 5.43 Å². The number of pyridine rings is 1. The number of ether oxygens (including phenoxy) is 1. The minimum Gasteiger partial charge on any atom is -0.493 e. The van der Waals surface area contributed by atoms with Crippen molar-refractivity contribution >= 4 is 17.3 Å². The number of thiazole rings is 1. The van der Waals surface area contributed by atoms with Gasteiger partial charge in [-0.2, -0.15) is 0 Å². The van der Waals surface area contributed by atoms with Crippen molar-refractivity contribution in [3.05, 3.63) is 57.3 Å². The molecule has 1 aliphatic rings. The van der Waals surface area contributed by atoms with Crippen molar-refractivity contribution in [2.45, 2.75) is 53.0 Å². The second-order valence-electron chi connectivity index (χ2n) is 9.00. The van der Waals surface area contributed by atoms with Crippen LogP contribution in [0.4, 0.5) is 0 Å². The fourth-order valence-electron chi connectivity index (χ4n) is 4.49. The summed E-state index contributed by atoms with van der Waals surface area (Å²) in [5.41, 5.74) is 3.01. The number of carboxylic acid groups (broad SMARTS) is 1. The number of rotatable bonds is 8. The molecule has 0 saturated carbocycles. The number of carbonyl (C=O) groups is 1. The maximum atomic E-state index is 12.6. The highest BCUT2D eigenvalue weighted by Gasteiger charge is 2.29. The SMILES string of the molecule is CCC(CC)COc1cc2c(cc1-c1nccs1)-c1cc(=O)c(C(=O)O)cn1C(C(C)C)C2. The van der Waals surface area contributed by atoms with Gasteiger partial charge in [-0.1, -0.05) is 40.5 Å². The molecule has 1 aromatic carbocycles. The molecule has 2 aromatic heterocycles. The Morgan fingerprint density at radius 2 is 2.00 bits per heavy atom. The van der Waals surface area contributed by atoms with E-state index in [1.807, 2.05) is 9.95 Å². The summed E-state index contributed by atoms with van der Waals surface area (Å²) in [5.74, 6) is 0.365. The van der Waals surface area contributed by atoms with Gasteiger partial charge in [-0.05, 0) is 36.0 Å². The number of fused-ring (bicyclic) bond motifs is 3. The van der Waals surface area contributed by atoms with Crippen molar-refractivity contribution < 1.29 is 14.6 Å². The molecule has 4 rings (SSSR count). The predicted molar refractivity (Wildman–Crippen MR) is 131 cm³/mol. The molecule has 0 fully saturated rings. The van der Waals surface area contributed by atoms with Gasteiger partial charge in [-0.15, -0.1) is 11.3 Å². The van der Waals surface area contributed by atoms with Crippen LogP contribution >= 0.6 is 11.3 Å². The van der Waals surface area contributed by atoms with Crippen LogP contribution in [-0.4, -0.2) is 27.2 Å². The summed E-state index contributed by atoms with van der Waals surface area (Å²) in [7, 11) is 0. The van der Waals surface area contributed by atoms with Crippen molar-refractivity contribution in [1.29, 1.82) is 0 Å². The summed E-state index contributed by atoms with van der Waals surface area (Å²) in [5, 5.41) is 12.3. The molecule has 174 valence electrons. The quantitative estimate of drug-likeness (QED) is 0.447. The largest absolute Gasteiger partial charge is 0.493 e. The van der Waals surface area contributed by atoms with E-state index >= 15 is 0 Å². The lowest BCUT2D eigenvalue weighted by atomic mass is 9.86. The minimum absolute atomic E-state index is 0.0452. The van der Waals surface area contributed by atoms with Gasteiger partial charge >= 0.3 is 5.97 Å². The zero-order valence-corrected chi connectivity index (χ0v) is 20.3. The first kappa shape index (κ1) is 23.2. The number of hydrogen-bond acceptors (Lipinski definition) is 5. The summed E-state index contributed by atoms with van der Waals surface area (Å²) in [6, 6.07) is 5.66. The van der Waals surface area contributed by atoms with E-state index in [2.05, 4.69) is 44.8 Å². The van der Waals surface area contributed by atoms with Crippen molar-refractivity contribution in [1.82, 2.24) is 9.55 Å². The Bertz CT molecular complexity index is 1210. The van der Waals surface area contributed by atoms with Gasteiger partial charge in [0.25, 0.3) is 0 Å². The number of carboxylic acids is 1. The molecular formula is C26H30N2O4S. The highest BCUT2D eigenvalue weighted by molar-refractivity contribution is 7.13. The summed E-state index contributed by atoms with van der Waals surface area (Å²) >= 11 is 1.55. The first-order valence-corrected chi connectivity index (χ1v) is 12.4. The monoisotopic (exact) mass is 466 g/mol. The average Bonchev–Trinajstić information content (AvgIpc) is 3.32. The van der Waals surface area contributed by atoms with Gasteiger partial charge in [-0.25, -0.2) is 9.78 Å². The van der Waals surface area contributed by atoms with E-state index in [0.29, 0.717) is 12.5 Å². The molecule has 1 aliphatic heterocycles. The third kappa shape index (κ3) is 4.47. The molecule has 3 heterocycles. The summed E-state index contributed by atoms with van der Waals surface area (Å²) in [6.45, 7) is 9.24. The maximum Gasteiger partial charge on any atom is 0.341 e. The van der Waals surface area contributed by atoms with Gasteiger partial charge in [-0.3, -0.25) is 4.79 Å². The van der Waals surface area contributed by atoms with Gasteiger partial charge in [0.05, 0.1) is 17.9 Å². The molecule has 1 atom stereocenters. The van der Waals surface area contributed by atoms with Crippen molar-refractivity contribution in [3.63, 3.8) is 0 Å². The van der Waals surface area contributed by atoms with Crippen LogP contribution in [0.5, 0.6) is 5.75 Å². The molecule has 1 unspecified atom stereocenters. The second kappa shape index (κ2) is 9.51. The lowest BCUT2D eigenvalue weighted by molar-refractivity contribution is 0.0694. The molecule has 3 aromatic rings. The van der Waals surface area contributed by atoms with Crippen LogP contribution in [0.15, 0.2) is 40.8 Å². The lowest BCUT2D eigenvalue weighted by Crippen LogP contribution is -2.28. The van der Waals surface area contributed by atoms with Crippen LogP contribution in [0, 0.1) is 11.8 Å². The standard InChI is InChI=1S/C26H30N2O4S/c1-5-16(6-2)14-32-24-10-17-9-21(15(3)4)28-13-20(26(30)31)23(29)12-22(28)18(17)11-19(24)25-27-7-8-33-25/h7-8,10-13,15-16,21H,5-6,9,14H2,1-4H3,(H,30,31). The zero-order valence-electron chi connectivity index (χ0n) is 19.5. The lowest BCUT2D eigenvalue weighted by Gasteiger charge is -2.34. The van der Waals surface area contributed by atoms with Crippen LogP contribution in [0.25, 0.3) is 21.8 Å². The Morgan fingerprint density at radius 1 is 1.24 bits per heavy atom. The zero-order chi connectivity index (χ0) is 23.7. The second-order valence-corrected chi connectivity index (χ2v) is 9.90. The molecule has 7 heteroatoms. The van der Waals surface area contributed by atoms with Crippen molar-refractivity contribution in [2.75, 3.05) is 6.61 Å². The maximum absolute atomic E-state index is 12.6. The minimum atomic E-state index is -1.20. The molecule has 0 aliphatic carbocycles. The molecule has 0 bridgehead atoms. The first-order chi connectivity index (χ1) is 15.8. The number of hydrogen-bond donors (Lipinski definition) is 1. The molecule has 6 nitrogen and oxygen atoms in total. The summed E-state index contributed by atoms with van der Waals surface area (Å²) in [4.78, 5) is 28.7. The predicted octanol–water partition coefficient (Wildman–Crippen LogP) is 5.91. The summed E-state index contributed by atoms with van der Waals surface area (Å²) < 4.78 is 8.32.